The van der Waals surface area contributed by atoms with Gasteiger partial charge in [0.1, 0.15) is 5.82 Å². The number of hydrogen-bond acceptors (Lipinski definition) is 4. The number of rotatable bonds is 6. The van der Waals surface area contributed by atoms with Crippen molar-refractivity contribution in [1.29, 1.82) is 0 Å². The van der Waals surface area contributed by atoms with Gasteiger partial charge in [0, 0.05) is 11.4 Å². The van der Waals surface area contributed by atoms with Crippen molar-refractivity contribution >= 4 is 33.1 Å². The first-order chi connectivity index (χ1) is 10.0. The largest absolute Gasteiger partial charge is 0.369 e. The molecule has 2 heterocycles. The van der Waals surface area contributed by atoms with Crippen LogP contribution in [0.2, 0.25) is 0 Å². The molecular formula is C16H22BrN3S. The Labute approximate surface area is 139 Å². The molecule has 0 aliphatic rings. The Kier molecular flexibility index (Phi) is 5.76. The number of anilines is 1. The topological polar surface area (TPSA) is 37.8 Å². The first kappa shape index (κ1) is 16.4. The maximum atomic E-state index is 4.78. The molecule has 0 fully saturated rings. The first-order valence-electron chi connectivity index (χ1n) is 7.38. The molecular weight excluding hydrogens is 346 g/mol. The summed E-state index contributed by atoms with van der Waals surface area (Å²) in [6, 6.07) is 4.22. The number of aromatic nitrogens is 2. The molecule has 3 nitrogen and oxygen atoms in total. The lowest BCUT2D eigenvalue weighted by Crippen LogP contribution is -2.08. The van der Waals surface area contributed by atoms with E-state index in [2.05, 4.69) is 61.1 Å². The Morgan fingerprint density at radius 3 is 2.62 bits per heavy atom. The number of hydrogen-bond donors (Lipinski definition) is 1. The molecule has 0 spiro atoms. The highest BCUT2D eigenvalue weighted by molar-refractivity contribution is 9.10. The van der Waals surface area contributed by atoms with Crippen molar-refractivity contribution in [2.75, 3.05) is 11.9 Å². The van der Waals surface area contributed by atoms with E-state index in [9.17, 15) is 0 Å². The quantitative estimate of drug-likeness (QED) is 0.752. The van der Waals surface area contributed by atoms with Crippen molar-refractivity contribution in [2.24, 2.45) is 5.92 Å². The summed E-state index contributed by atoms with van der Waals surface area (Å²) in [4.78, 5) is 11.9. The summed E-state index contributed by atoms with van der Waals surface area (Å²) >= 11 is 5.41. The standard InChI is InChI=1S/C16H22BrN3S/c1-5-8-18-16-14(17)12(9-10(2)3)19-15(20-16)13-7-6-11(4)21-13/h6-7,10H,5,8-9H2,1-4H3,(H,18,19,20). The first-order valence-corrected chi connectivity index (χ1v) is 8.99. The van der Waals surface area contributed by atoms with Gasteiger partial charge in [0.2, 0.25) is 0 Å². The summed E-state index contributed by atoms with van der Waals surface area (Å²) in [6.45, 7) is 9.60. The molecule has 2 aromatic heterocycles. The van der Waals surface area contributed by atoms with Gasteiger partial charge in [-0.05, 0) is 53.7 Å². The lowest BCUT2D eigenvalue weighted by molar-refractivity contribution is 0.632. The second kappa shape index (κ2) is 7.36. The third-order valence-electron chi connectivity index (χ3n) is 3.02. The van der Waals surface area contributed by atoms with Crippen LogP contribution in [-0.4, -0.2) is 16.5 Å². The van der Waals surface area contributed by atoms with Gasteiger partial charge in [-0.3, -0.25) is 0 Å². The molecule has 0 aromatic carbocycles. The SMILES string of the molecule is CCCNc1nc(-c2ccc(C)s2)nc(CC(C)C)c1Br. The number of thiophene rings is 1. The van der Waals surface area contributed by atoms with Crippen molar-refractivity contribution in [1.82, 2.24) is 9.97 Å². The van der Waals surface area contributed by atoms with Crippen LogP contribution < -0.4 is 5.32 Å². The molecule has 21 heavy (non-hydrogen) atoms. The zero-order valence-corrected chi connectivity index (χ0v) is 15.4. The normalized spacial score (nSPS) is 11.1. The maximum Gasteiger partial charge on any atom is 0.171 e. The van der Waals surface area contributed by atoms with Gasteiger partial charge in [0.15, 0.2) is 5.82 Å². The van der Waals surface area contributed by atoms with E-state index >= 15 is 0 Å². The molecule has 114 valence electrons. The number of aryl methyl sites for hydroxylation is 1. The van der Waals surface area contributed by atoms with E-state index in [1.54, 1.807) is 11.3 Å². The van der Waals surface area contributed by atoms with Gasteiger partial charge in [-0.25, -0.2) is 9.97 Å². The highest BCUT2D eigenvalue weighted by Gasteiger charge is 2.15. The van der Waals surface area contributed by atoms with Crippen LogP contribution in [0.1, 0.15) is 37.8 Å². The Morgan fingerprint density at radius 1 is 1.29 bits per heavy atom. The molecule has 1 N–H and O–H groups in total. The predicted octanol–water partition coefficient (Wildman–Crippen LogP) is 5.30. The van der Waals surface area contributed by atoms with E-state index in [4.69, 9.17) is 9.97 Å². The van der Waals surface area contributed by atoms with Crippen molar-refractivity contribution < 1.29 is 0 Å². The number of halogens is 1. The van der Waals surface area contributed by atoms with Gasteiger partial charge in [-0.2, -0.15) is 0 Å². The van der Waals surface area contributed by atoms with Gasteiger partial charge in [0.25, 0.3) is 0 Å². The second-order valence-corrected chi connectivity index (χ2v) is 7.67. The van der Waals surface area contributed by atoms with E-state index in [0.29, 0.717) is 5.92 Å². The van der Waals surface area contributed by atoms with Crippen molar-refractivity contribution in [3.8, 4) is 10.7 Å². The highest BCUT2D eigenvalue weighted by Crippen LogP contribution is 2.31. The Balaban J connectivity index is 2.44. The molecule has 0 saturated carbocycles. The van der Waals surface area contributed by atoms with Crippen LogP contribution >= 0.6 is 27.3 Å². The minimum absolute atomic E-state index is 0.563. The molecule has 0 atom stereocenters. The van der Waals surface area contributed by atoms with Crippen LogP contribution in [0.3, 0.4) is 0 Å². The van der Waals surface area contributed by atoms with Crippen LogP contribution in [0.25, 0.3) is 10.7 Å². The molecule has 0 unspecified atom stereocenters. The van der Waals surface area contributed by atoms with Crippen LogP contribution in [-0.2, 0) is 6.42 Å². The summed E-state index contributed by atoms with van der Waals surface area (Å²) in [7, 11) is 0. The van der Waals surface area contributed by atoms with Crippen LogP contribution in [0.4, 0.5) is 5.82 Å². The van der Waals surface area contributed by atoms with Crippen molar-refractivity contribution in [3.05, 3.63) is 27.2 Å². The van der Waals surface area contributed by atoms with Crippen LogP contribution in [0, 0.1) is 12.8 Å². The molecule has 0 aliphatic carbocycles. The predicted molar refractivity (Wildman–Crippen MR) is 95.1 cm³/mol. The van der Waals surface area contributed by atoms with Gasteiger partial charge < -0.3 is 5.32 Å². The zero-order valence-electron chi connectivity index (χ0n) is 13.0. The smallest absolute Gasteiger partial charge is 0.171 e. The molecule has 2 rings (SSSR count). The summed E-state index contributed by atoms with van der Waals surface area (Å²) in [6.07, 6.45) is 2.02. The van der Waals surface area contributed by atoms with Gasteiger partial charge in [0.05, 0.1) is 15.0 Å². The summed E-state index contributed by atoms with van der Waals surface area (Å²) in [5.41, 5.74) is 1.08. The minimum Gasteiger partial charge on any atom is -0.369 e. The van der Waals surface area contributed by atoms with Crippen molar-refractivity contribution in [3.63, 3.8) is 0 Å². The average Bonchev–Trinajstić information content (AvgIpc) is 2.86. The van der Waals surface area contributed by atoms with E-state index < -0.39 is 0 Å². The monoisotopic (exact) mass is 367 g/mol. The zero-order chi connectivity index (χ0) is 15.4. The third-order valence-corrected chi connectivity index (χ3v) is 4.85. The minimum atomic E-state index is 0.563. The molecule has 0 bridgehead atoms. The molecule has 2 aromatic rings. The molecule has 0 amide bonds. The fourth-order valence-corrected chi connectivity index (χ4v) is 3.32. The average molecular weight is 368 g/mol. The summed E-state index contributed by atoms with van der Waals surface area (Å²) in [5, 5.41) is 3.40. The summed E-state index contributed by atoms with van der Waals surface area (Å²) in [5.74, 6) is 2.29. The second-order valence-electron chi connectivity index (χ2n) is 5.59. The molecule has 0 aliphatic heterocycles. The Hall–Kier alpha value is -0.940. The molecule has 5 heteroatoms. The number of nitrogens with one attached hydrogen (secondary N) is 1. The maximum absolute atomic E-state index is 4.78. The van der Waals surface area contributed by atoms with Gasteiger partial charge in [-0.15, -0.1) is 11.3 Å². The van der Waals surface area contributed by atoms with Gasteiger partial charge in [-0.1, -0.05) is 20.8 Å². The van der Waals surface area contributed by atoms with E-state index in [0.717, 1.165) is 46.1 Å². The fraction of sp³-hybridized carbons (Fsp3) is 0.500. The van der Waals surface area contributed by atoms with Gasteiger partial charge >= 0.3 is 0 Å². The van der Waals surface area contributed by atoms with Crippen LogP contribution in [0.5, 0.6) is 0 Å². The molecule has 0 radical (unpaired) electrons. The molecule has 0 saturated heterocycles. The Morgan fingerprint density at radius 2 is 2.05 bits per heavy atom. The lowest BCUT2D eigenvalue weighted by Gasteiger charge is -2.13. The van der Waals surface area contributed by atoms with Crippen LogP contribution in [0.15, 0.2) is 16.6 Å². The summed E-state index contributed by atoms with van der Waals surface area (Å²) < 4.78 is 1.00. The Bertz CT molecular complexity index is 608. The fourth-order valence-electron chi connectivity index (χ4n) is 2.04. The number of nitrogens with zero attached hydrogens (tertiary/aromatic N) is 2. The van der Waals surface area contributed by atoms with Crippen molar-refractivity contribution in [2.45, 2.75) is 40.5 Å². The third kappa shape index (κ3) is 4.27. The van der Waals surface area contributed by atoms with E-state index in [1.165, 1.54) is 4.88 Å². The van der Waals surface area contributed by atoms with E-state index in [1.807, 2.05) is 0 Å². The van der Waals surface area contributed by atoms with E-state index in [-0.39, 0.29) is 0 Å². The lowest BCUT2D eigenvalue weighted by atomic mass is 10.1. The highest BCUT2D eigenvalue weighted by atomic mass is 79.9.